The Hall–Kier alpha value is -5.53. The molecule has 7 aromatic rings. The van der Waals surface area contributed by atoms with Crippen LogP contribution in [0, 0.1) is 17.9 Å². The van der Waals surface area contributed by atoms with Crippen molar-refractivity contribution in [2.45, 2.75) is 0 Å². The molecular formula is C29H16N7+. The third-order valence-electron chi connectivity index (χ3n) is 6.57. The lowest BCUT2D eigenvalue weighted by Crippen LogP contribution is -2.41. The van der Waals surface area contributed by atoms with Crippen molar-refractivity contribution in [1.29, 1.82) is 5.26 Å². The summed E-state index contributed by atoms with van der Waals surface area (Å²) in [6.07, 6.45) is 7.59. The number of rotatable bonds is 2. The van der Waals surface area contributed by atoms with Gasteiger partial charge in [-0.3, -0.25) is 0 Å². The Bertz CT molecular complexity index is 1940. The number of nitrogens with zero attached hydrogens (tertiary/aromatic N) is 7. The normalized spacial score (nSPS) is 11.3. The average Bonchev–Trinajstić information content (AvgIpc) is 3.45. The first-order valence-electron chi connectivity index (χ1n) is 11.3. The van der Waals surface area contributed by atoms with Gasteiger partial charge >= 0.3 is 0 Å². The van der Waals surface area contributed by atoms with Gasteiger partial charge in [-0.2, -0.15) is 5.26 Å². The van der Waals surface area contributed by atoms with Crippen molar-refractivity contribution >= 4 is 49.4 Å². The Morgan fingerprint density at radius 1 is 0.778 bits per heavy atom. The number of aromatic nitrogens is 5. The molecule has 36 heavy (non-hydrogen) atoms. The molecule has 0 saturated carbocycles. The van der Waals surface area contributed by atoms with Gasteiger partial charge in [-0.15, -0.1) is 9.66 Å². The van der Waals surface area contributed by atoms with E-state index >= 15 is 0 Å². The third-order valence-corrected chi connectivity index (χ3v) is 6.57. The molecule has 0 amide bonds. The minimum Gasteiger partial charge on any atom is -0.361 e. The van der Waals surface area contributed by atoms with E-state index in [4.69, 9.17) is 6.57 Å². The molecule has 5 heterocycles. The Morgan fingerprint density at radius 3 is 2.31 bits per heavy atom. The summed E-state index contributed by atoms with van der Waals surface area (Å²) in [5.41, 5.74) is 5.23. The van der Waals surface area contributed by atoms with E-state index in [-0.39, 0.29) is 0 Å². The molecular weight excluding hydrogens is 446 g/mol. The molecule has 0 saturated heterocycles. The van der Waals surface area contributed by atoms with E-state index in [0.29, 0.717) is 11.5 Å². The summed E-state index contributed by atoms with van der Waals surface area (Å²) in [7, 11) is 0. The van der Waals surface area contributed by atoms with Gasteiger partial charge in [-0.05, 0) is 30.3 Å². The van der Waals surface area contributed by atoms with Crippen molar-refractivity contribution in [3.05, 3.63) is 115 Å². The molecule has 0 unspecified atom stereocenters. The number of pyridine rings is 3. The molecule has 166 valence electrons. The largest absolute Gasteiger partial charge is 0.361 e. The number of para-hydroxylation sites is 2. The minimum atomic E-state index is 0.378. The summed E-state index contributed by atoms with van der Waals surface area (Å²) < 4.78 is 6.31. The van der Waals surface area contributed by atoms with Crippen LogP contribution in [0.15, 0.2) is 97.6 Å². The fraction of sp³-hybridized carbons (Fsp3) is 0. The van der Waals surface area contributed by atoms with Crippen molar-refractivity contribution < 1.29 is 4.68 Å². The molecule has 7 rings (SSSR count). The van der Waals surface area contributed by atoms with Gasteiger partial charge in [0.15, 0.2) is 0 Å². The van der Waals surface area contributed by atoms with Gasteiger partial charge in [0.1, 0.15) is 34.7 Å². The second-order valence-electron chi connectivity index (χ2n) is 8.49. The third kappa shape index (κ3) is 2.74. The smallest absolute Gasteiger partial charge is 0.270 e. The Morgan fingerprint density at radius 2 is 1.50 bits per heavy atom. The maximum atomic E-state index is 9.39. The van der Waals surface area contributed by atoms with Crippen molar-refractivity contribution in [2.24, 2.45) is 0 Å². The van der Waals surface area contributed by atoms with Gasteiger partial charge in [0.05, 0.1) is 17.2 Å². The van der Waals surface area contributed by atoms with Gasteiger partial charge in [0.25, 0.3) is 5.82 Å². The van der Waals surface area contributed by atoms with Crippen molar-refractivity contribution in [2.75, 3.05) is 0 Å². The molecule has 0 aliphatic rings. The van der Waals surface area contributed by atoms with Crippen LogP contribution in [0.5, 0.6) is 0 Å². The summed E-state index contributed by atoms with van der Waals surface area (Å²) >= 11 is 0. The lowest BCUT2D eigenvalue weighted by atomic mass is 10.2. The van der Waals surface area contributed by atoms with Crippen LogP contribution in [0.4, 0.5) is 5.82 Å². The minimum absolute atomic E-state index is 0.378. The van der Waals surface area contributed by atoms with Gasteiger partial charge in [-0.1, -0.05) is 47.6 Å². The molecule has 0 radical (unpaired) electrons. The van der Waals surface area contributed by atoms with E-state index in [0.717, 1.165) is 49.3 Å². The summed E-state index contributed by atoms with van der Waals surface area (Å²) in [6, 6.07) is 26.2. The van der Waals surface area contributed by atoms with Crippen LogP contribution in [0.2, 0.25) is 0 Å². The molecule has 0 fully saturated rings. The Kier molecular flexibility index (Phi) is 4.14. The first-order chi connectivity index (χ1) is 17.8. The van der Waals surface area contributed by atoms with E-state index in [1.54, 1.807) is 12.4 Å². The van der Waals surface area contributed by atoms with Crippen LogP contribution < -0.4 is 4.68 Å². The Balaban J connectivity index is 1.53. The zero-order valence-corrected chi connectivity index (χ0v) is 18.9. The van der Waals surface area contributed by atoms with Crippen molar-refractivity contribution in [3.8, 4) is 11.8 Å². The molecule has 0 N–H and O–H groups in total. The van der Waals surface area contributed by atoms with Gasteiger partial charge in [0.2, 0.25) is 12.4 Å². The molecule has 0 spiro atoms. The second kappa shape index (κ2) is 7.49. The topological polar surface area (TPSA) is 67.7 Å². The average molecular weight is 462 g/mol. The molecule has 2 aromatic carbocycles. The van der Waals surface area contributed by atoms with E-state index in [1.807, 2.05) is 53.3 Å². The van der Waals surface area contributed by atoms with E-state index in [2.05, 4.69) is 66.7 Å². The zero-order valence-electron chi connectivity index (χ0n) is 18.9. The molecule has 0 aliphatic heterocycles. The highest BCUT2D eigenvalue weighted by Gasteiger charge is 2.20. The highest BCUT2D eigenvalue weighted by Crippen LogP contribution is 2.33. The van der Waals surface area contributed by atoms with Crippen molar-refractivity contribution in [3.63, 3.8) is 0 Å². The van der Waals surface area contributed by atoms with E-state index in [1.165, 1.54) is 0 Å². The fourth-order valence-electron chi connectivity index (χ4n) is 5.06. The number of benzene rings is 2. The predicted molar refractivity (Wildman–Crippen MR) is 138 cm³/mol. The first kappa shape index (κ1) is 19.9. The van der Waals surface area contributed by atoms with Crippen LogP contribution in [0.1, 0.15) is 5.69 Å². The Labute approximate surface area is 205 Å². The standard InChI is InChI=1S/C29H16N7/c1-31-29-14-24-21-8-2-4-10-25(21)35(27(24)16-33-29)20-7-6-12-34(18-20)36-26-11-5-3-9-22(26)23-13-19(15-30)32-17-28(23)36/h2-14,16-18H/q+1. The summed E-state index contributed by atoms with van der Waals surface area (Å²) in [5.74, 6) is 0.378. The summed E-state index contributed by atoms with van der Waals surface area (Å²) in [5, 5.41) is 13.5. The van der Waals surface area contributed by atoms with E-state index in [9.17, 15) is 5.26 Å². The fourth-order valence-corrected chi connectivity index (χ4v) is 5.06. The van der Waals surface area contributed by atoms with Crippen LogP contribution in [-0.4, -0.2) is 19.2 Å². The van der Waals surface area contributed by atoms with Gasteiger partial charge in [0, 0.05) is 27.6 Å². The predicted octanol–water partition coefficient (Wildman–Crippen LogP) is 5.70. The van der Waals surface area contributed by atoms with E-state index < -0.39 is 0 Å². The molecule has 5 aromatic heterocycles. The number of hydrogen-bond donors (Lipinski definition) is 0. The quantitative estimate of drug-likeness (QED) is 0.244. The highest BCUT2D eigenvalue weighted by atomic mass is 15.4. The zero-order chi connectivity index (χ0) is 24.2. The molecule has 7 heteroatoms. The maximum absolute atomic E-state index is 9.39. The van der Waals surface area contributed by atoms with Crippen LogP contribution >= 0.6 is 0 Å². The number of hydrogen-bond acceptors (Lipinski definition) is 3. The second-order valence-corrected chi connectivity index (χ2v) is 8.49. The van der Waals surface area contributed by atoms with Gasteiger partial charge in [-0.25, -0.2) is 4.98 Å². The monoisotopic (exact) mass is 462 g/mol. The summed E-state index contributed by atoms with van der Waals surface area (Å²) in [4.78, 5) is 12.2. The molecule has 0 aliphatic carbocycles. The lowest BCUT2D eigenvalue weighted by molar-refractivity contribution is -0.720. The maximum Gasteiger partial charge on any atom is 0.270 e. The van der Waals surface area contributed by atoms with Crippen LogP contribution in [-0.2, 0) is 0 Å². The SMILES string of the molecule is [C-]#[N+]c1cc2c3ccccc3n(-c3ccc[n+](-n4c5ccccc5c5cc(C#N)ncc54)c3)c2cn1. The number of nitriles is 1. The number of fused-ring (bicyclic) bond motifs is 6. The summed E-state index contributed by atoms with van der Waals surface area (Å²) in [6.45, 7) is 7.39. The molecule has 0 atom stereocenters. The van der Waals surface area contributed by atoms with Crippen LogP contribution in [0.3, 0.4) is 0 Å². The van der Waals surface area contributed by atoms with Crippen LogP contribution in [0.25, 0.3) is 54.1 Å². The highest BCUT2D eigenvalue weighted by molar-refractivity contribution is 6.10. The first-order valence-corrected chi connectivity index (χ1v) is 11.3. The molecule has 0 bridgehead atoms. The van der Waals surface area contributed by atoms with Gasteiger partial charge < -0.3 is 9.41 Å². The molecule has 7 nitrogen and oxygen atoms in total. The van der Waals surface area contributed by atoms with Crippen molar-refractivity contribution in [1.82, 2.24) is 19.2 Å². The lowest BCUT2D eigenvalue weighted by Gasteiger charge is -2.07.